The van der Waals surface area contributed by atoms with E-state index in [0.717, 1.165) is 49.1 Å². The van der Waals surface area contributed by atoms with E-state index in [-0.39, 0.29) is 0 Å². The van der Waals surface area contributed by atoms with Crippen LogP contribution in [-0.4, -0.2) is 25.7 Å². The number of hydrogen-bond acceptors (Lipinski definition) is 5. The van der Waals surface area contributed by atoms with Gasteiger partial charge in [-0.05, 0) is 47.9 Å². The van der Waals surface area contributed by atoms with Gasteiger partial charge in [-0.1, -0.05) is 37.6 Å². The molecular formula is C25H31N3O2. The second-order valence-corrected chi connectivity index (χ2v) is 7.24. The van der Waals surface area contributed by atoms with E-state index in [1.54, 1.807) is 14.2 Å². The van der Waals surface area contributed by atoms with Gasteiger partial charge in [0.1, 0.15) is 17.3 Å². The van der Waals surface area contributed by atoms with Crippen LogP contribution < -0.4 is 19.7 Å². The zero-order chi connectivity index (χ0) is 21.2. The van der Waals surface area contributed by atoms with Gasteiger partial charge < -0.3 is 19.7 Å². The second-order valence-electron chi connectivity index (χ2n) is 7.24. The first kappa shape index (κ1) is 21.5. The van der Waals surface area contributed by atoms with E-state index in [0.29, 0.717) is 0 Å². The number of anilines is 2. The van der Waals surface area contributed by atoms with E-state index in [1.165, 1.54) is 17.5 Å². The third-order valence-electron chi connectivity index (χ3n) is 4.99. The largest absolute Gasteiger partial charge is 0.497 e. The maximum absolute atomic E-state index is 5.29. The number of nitrogens with one attached hydrogen (secondary N) is 1. The zero-order valence-corrected chi connectivity index (χ0v) is 18.1. The molecule has 1 heterocycles. The Kier molecular flexibility index (Phi) is 7.95. The lowest BCUT2D eigenvalue weighted by Gasteiger charge is -2.25. The van der Waals surface area contributed by atoms with Gasteiger partial charge in [-0.2, -0.15) is 0 Å². The van der Waals surface area contributed by atoms with E-state index in [4.69, 9.17) is 9.47 Å². The zero-order valence-electron chi connectivity index (χ0n) is 18.1. The molecule has 1 N–H and O–H groups in total. The van der Waals surface area contributed by atoms with E-state index in [2.05, 4.69) is 52.5 Å². The highest BCUT2D eigenvalue weighted by atomic mass is 16.5. The summed E-state index contributed by atoms with van der Waals surface area (Å²) in [5.74, 6) is 2.67. The normalized spacial score (nSPS) is 10.5. The van der Waals surface area contributed by atoms with Gasteiger partial charge in [0.15, 0.2) is 0 Å². The Morgan fingerprint density at radius 2 is 1.40 bits per heavy atom. The summed E-state index contributed by atoms with van der Waals surface area (Å²) in [5.41, 5.74) is 3.51. The van der Waals surface area contributed by atoms with E-state index in [1.807, 2.05) is 36.5 Å². The number of nitrogens with zero attached hydrogens (tertiary/aromatic N) is 2. The molecule has 3 aromatic rings. The van der Waals surface area contributed by atoms with Gasteiger partial charge in [0, 0.05) is 37.6 Å². The summed E-state index contributed by atoms with van der Waals surface area (Å²) in [5, 5.41) is 3.50. The summed E-state index contributed by atoms with van der Waals surface area (Å²) in [6.07, 6.45) is 4.20. The summed E-state index contributed by atoms with van der Waals surface area (Å²) < 4.78 is 10.6. The predicted molar refractivity (Wildman–Crippen MR) is 124 cm³/mol. The smallest absolute Gasteiger partial charge is 0.131 e. The van der Waals surface area contributed by atoms with Crippen LogP contribution in [0.15, 0.2) is 66.9 Å². The molecular weight excluding hydrogens is 374 g/mol. The first-order valence-electron chi connectivity index (χ1n) is 10.4. The third-order valence-corrected chi connectivity index (χ3v) is 4.99. The maximum Gasteiger partial charge on any atom is 0.131 e. The monoisotopic (exact) mass is 405 g/mol. The van der Waals surface area contributed by atoms with Gasteiger partial charge >= 0.3 is 0 Å². The van der Waals surface area contributed by atoms with Crippen molar-refractivity contribution in [2.45, 2.75) is 32.9 Å². The van der Waals surface area contributed by atoms with Crippen molar-refractivity contribution in [3.8, 4) is 11.5 Å². The molecule has 30 heavy (non-hydrogen) atoms. The fraction of sp³-hybridized carbons (Fsp3) is 0.320. The minimum absolute atomic E-state index is 0.751. The van der Waals surface area contributed by atoms with Crippen LogP contribution in [-0.2, 0) is 13.1 Å². The van der Waals surface area contributed by atoms with Crippen molar-refractivity contribution in [2.24, 2.45) is 0 Å². The van der Waals surface area contributed by atoms with E-state index < -0.39 is 0 Å². The lowest BCUT2D eigenvalue weighted by Crippen LogP contribution is -2.23. The van der Waals surface area contributed by atoms with Crippen LogP contribution >= 0.6 is 0 Å². The molecule has 0 saturated heterocycles. The first-order chi connectivity index (χ1) is 14.7. The molecule has 1 aromatic heterocycles. The average molecular weight is 406 g/mol. The molecule has 5 heteroatoms. The Morgan fingerprint density at radius 1 is 0.833 bits per heavy atom. The van der Waals surface area contributed by atoms with Crippen molar-refractivity contribution >= 4 is 11.5 Å². The molecule has 0 amide bonds. The standard InChI is InChI=1S/C25H31N3O2/c1-4-5-15-26-22-14-16-27-25(17-22)28(18-20-6-10-23(29-2)11-7-20)19-21-8-12-24(30-3)13-9-21/h6-14,16-17H,4-5,15,18-19H2,1-3H3,(H,26,27). The molecule has 0 fully saturated rings. The Morgan fingerprint density at radius 3 is 1.90 bits per heavy atom. The van der Waals surface area contributed by atoms with Crippen LogP contribution in [0, 0.1) is 0 Å². The number of ether oxygens (including phenoxy) is 2. The van der Waals surface area contributed by atoms with Gasteiger partial charge in [0.2, 0.25) is 0 Å². The van der Waals surface area contributed by atoms with Gasteiger partial charge in [0.25, 0.3) is 0 Å². The van der Waals surface area contributed by atoms with Crippen LogP contribution in [0.2, 0.25) is 0 Å². The molecule has 0 aliphatic rings. The molecule has 0 radical (unpaired) electrons. The topological polar surface area (TPSA) is 46.6 Å². The van der Waals surface area contributed by atoms with Crippen molar-refractivity contribution < 1.29 is 9.47 Å². The molecule has 3 rings (SSSR count). The molecule has 158 valence electrons. The fourth-order valence-electron chi connectivity index (χ4n) is 3.23. The molecule has 5 nitrogen and oxygen atoms in total. The summed E-state index contributed by atoms with van der Waals surface area (Å²) in [4.78, 5) is 6.95. The lowest BCUT2D eigenvalue weighted by atomic mass is 10.1. The molecule has 0 spiro atoms. The highest BCUT2D eigenvalue weighted by molar-refractivity contribution is 5.54. The summed E-state index contributed by atoms with van der Waals surface area (Å²) in [6.45, 7) is 4.67. The number of unbranched alkanes of at least 4 members (excludes halogenated alkanes) is 1. The Bertz CT molecular complexity index is 846. The molecule has 0 saturated carbocycles. The van der Waals surface area contributed by atoms with Crippen LogP contribution in [0.1, 0.15) is 30.9 Å². The minimum Gasteiger partial charge on any atom is -0.497 e. The van der Waals surface area contributed by atoms with E-state index in [9.17, 15) is 0 Å². The maximum atomic E-state index is 5.29. The van der Waals surface area contributed by atoms with Crippen molar-refractivity contribution in [3.63, 3.8) is 0 Å². The molecule has 0 aliphatic carbocycles. The molecule has 0 aliphatic heterocycles. The van der Waals surface area contributed by atoms with E-state index >= 15 is 0 Å². The third kappa shape index (κ3) is 6.14. The Balaban J connectivity index is 1.82. The quantitative estimate of drug-likeness (QED) is 0.426. The number of methoxy groups -OCH3 is 2. The van der Waals surface area contributed by atoms with Crippen LogP contribution in [0.4, 0.5) is 11.5 Å². The number of pyridine rings is 1. The van der Waals surface area contributed by atoms with Crippen molar-refractivity contribution in [1.82, 2.24) is 4.98 Å². The number of benzene rings is 2. The lowest BCUT2D eigenvalue weighted by molar-refractivity contribution is 0.414. The minimum atomic E-state index is 0.751. The summed E-state index contributed by atoms with van der Waals surface area (Å²) in [7, 11) is 3.37. The van der Waals surface area contributed by atoms with Crippen LogP contribution in [0.5, 0.6) is 11.5 Å². The predicted octanol–water partition coefficient (Wildman–Crippen LogP) is 5.52. The number of hydrogen-bond donors (Lipinski definition) is 1. The highest BCUT2D eigenvalue weighted by Gasteiger charge is 2.11. The van der Waals surface area contributed by atoms with Crippen molar-refractivity contribution in [2.75, 3.05) is 31.0 Å². The summed E-state index contributed by atoms with van der Waals surface area (Å²) >= 11 is 0. The molecule has 0 unspecified atom stereocenters. The summed E-state index contributed by atoms with van der Waals surface area (Å²) in [6, 6.07) is 20.5. The fourth-order valence-corrected chi connectivity index (χ4v) is 3.23. The van der Waals surface area contributed by atoms with Crippen molar-refractivity contribution in [3.05, 3.63) is 78.0 Å². The van der Waals surface area contributed by atoms with Crippen LogP contribution in [0.3, 0.4) is 0 Å². The SMILES string of the molecule is CCCCNc1ccnc(N(Cc2ccc(OC)cc2)Cc2ccc(OC)cc2)c1. The highest BCUT2D eigenvalue weighted by Crippen LogP contribution is 2.23. The average Bonchev–Trinajstić information content (AvgIpc) is 2.80. The number of rotatable bonds is 11. The van der Waals surface area contributed by atoms with Crippen molar-refractivity contribution in [1.29, 1.82) is 0 Å². The molecule has 0 bridgehead atoms. The molecule has 2 aromatic carbocycles. The van der Waals surface area contributed by atoms with Gasteiger partial charge in [0.05, 0.1) is 14.2 Å². The van der Waals surface area contributed by atoms with Gasteiger partial charge in [-0.15, -0.1) is 0 Å². The first-order valence-corrected chi connectivity index (χ1v) is 10.4. The Hall–Kier alpha value is -3.21. The van der Waals surface area contributed by atoms with Gasteiger partial charge in [-0.3, -0.25) is 0 Å². The number of aromatic nitrogens is 1. The second kappa shape index (κ2) is 11.1. The Labute approximate surface area is 179 Å². The van der Waals surface area contributed by atoms with Crippen LogP contribution in [0.25, 0.3) is 0 Å². The van der Waals surface area contributed by atoms with Gasteiger partial charge in [-0.25, -0.2) is 4.98 Å². The molecule has 0 atom stereocenters.